The van der Waals surface area contributed by atoms with Crippen molar-refractivity contribution in [3.8, 4) is 5.69 Å². The number of likely N-dealkylation sites (N-methyl/N-ethyl adjacent to an activating group) is 1. The molecule has 0 saturated carbocycles. The third kappa shape index (κ3) is 5.60. The molecule has 2 amide bonds. The number of morpholine rings is 1. The van der Waals surface area contributed by atoms with Gasteiger partial charge in [-0.2, -0.15) is 0 Å². The second kappa shape index (κ2) is 10.2. The third-order valence-corrected chi connectivity index (χ3v) is 6.08. The number of hydrogen-bond acceptors (Lipinski definition) is 7. The van der Waals surface area contributed by atoms with Crippen LogP contribution in [-0.2, 0) is 14.3 Å². The zero-order valence-corrected chi connectivity index (χ0v) is 21.4. The highest BCUT2D eigenvalue weighted by Crippen LogP contribution is 2.28. The van der Waals surface area contributed by atoms with Gasteiger partial charge in [0.05, 0.1) is 36.0 Å². The van der Waals surface area contributed by atoms with Crippen molar-refractivity contribution in [3.05, 3.63) is 42.5 Å². The summed E-state index contributed by atoms with van der Waals surface area (Å²) in [6.07, 6.45) is -0.535. The number of aromatic nitrogens is 2. The molecule has 2 heterocycles. The van der Waals surface area contributed by atoms with E-state index in [0.29, 0.717) is 30.4 Å². The van der Waals surface area contributed by atoms with Crippen LogP contribution in [0.25, 0.3) is 16.7 Å². The van der Waals surface area contributed by atoms with Crippen molar-refractivity contribution in [1.29, 1.82) is 0 Å². The van der Waals surface area contributed by atoms with E-state index in [0.717, 1.165) is 30.0 Å². The van der Waals surface area contributed by atoms with Gasteiger partial charge in [0.25, 0.3) is 0 Å². The van der Waals surface area contributed by atoms with Gasteiger partial charge >= 0.3 is 6.09 Å². The summed E-state index contributed by atoms with van der Waals surface area (Å²) >= 11 is 0. The number of nitrogen functional groups attached to an aromatic ring is 1. The zero-order chi connectivity index (χ0) is 26.0. The number of ether oxygens (including phenoxy) is 2. The maximum absolute atomic E-state index is 13.1. The Balaban J connectivity index is 1.57. The lowest BCUT2D eigenvalue weighted by atomic mass is 10.2. The predicted molar refractivity (Wildman–Crippen MR) is 141 cm³/mol. The van der Waals surface area contributed by atoms with Gasteiger partial charge < -0.3 is 20.1 Å². The van der Waals surface area contributed by atoms with E-state index < -0.39 is 11.7 Å². The van der Waals surface area contributed by atoms with Gasteiger partial charge in [-0.05, 0) is 64.1 Å². The fourth-order valence-electron chi connectivity index (χ4n) is 4.24. The summed E-state index contributed by atoms with van der Waals surface area (Å²) in [6.45, 7) is 10.1. The molecular weight excluding hydrogens is 460 g/mol. The Bertz CT molecular complexity index is 1260. The number of amides is 2. The molecule has 0 spiro atoms. The fourth-order valence-corrected chi connectivity index (χ4v) is 4.24. The van der Waals surface area contributed by atoms with Crippen LogP contribution in [0.5, 0.6) is 0 Å². The van der Waals surface area contributed by atoms with E-state index in [1.807, 2.05) is 58.0 Å². The van der Waals surface area contributed by atoms with Crippen LogP contribution in [0.4, 0.5) is 22.1 Å². The lowest BCUT2D eigenvalue weighted by Gasteiger charge is -2.33. The monoisotopic (exact) mass is 494 g/mol. The van der Waals surface area contributed by atoms with Gasteiger partial charge in [-0.15, -0.1) is 0 Å². The average Bonchev–Trinajstić information content (AvgIpc) is 3.17. The Morgan fingerprint density at radius 1 is 1.17 bits per heavy atom. The van der Waals surface area contributed by atoms with E-state index in [9.17, 15) is 9.59 Å². The number of nitrogens with two attached hydrogens (primary N) is 1. The summed E-state index contributed by atoms with van der Waals surface area (Å²) in [5, 5.41) is 2.75. The van der Waals surface area contributed by atoms with Gasteiger partial charge in [-0.25, -0.2) is 9.78 Å². The van der Waals surface area contributed by atoms with Crippen LogP contribution in [0.15, 0.2) is 42.5 Å². The van der Waals surface area contributed by atoms with E-state index in [1.165, 1.54) is 0 Å². The number of anilines is 3. The number of fused-ring (bicyclic) bond motifs is 1. The minimum absolute atomic E-state index is 0.00423. The van der Waals surface area contributed by atoms with Gasteiger partial charge in [-0.1, -0.05) is 6.07 Å². The molecule has 2 aromatic carbocycles. The molecule has 4 rings (SSSR count). The van der Waals surface area contributed by atoms with Crippen molar-refractivity contribution < 1.29 is 19.1 Å². The zero-order valence-electron chi connectivity index (χ0n) is 21.4. The summed E-state index contributed by atoms with van der Waals surface area (Å²) in [4.78, 5) is 33.6. The minimum Gasteiger partial charge on any atom is -0.444 e. The van der Waals surface area contributed by atoms with Gasteiger partial charge in [-0.3, -0.25) is 19.6 Å². The minimum atomic E-state index is -0.598. The summed E-state index contributed by atoms with van der Waals surface area (Å²) in [6, 6.07) is 12.7. The van der Waals surface area contributed by atoms with Crippen LogP contribution < -0.4 is 16.0 Å². The Morgan fingerprint density at radius 3 is 2.58 bits per heavy atom. The molecule has 1 saturated heterocycles. The van der Waals surface area contributed by atoms with Crippen LogP contribution in [-0.4, -0.2) is 71.4 Å². The van der Waals surface area contributed by atoms with Crippen LogP contribution in [0.2, 0.25) is 0 Å². The largest absolute Gasteiger partial charge is 0.444 e. The second-order valence-electron chi connectivity index (χ2n) is 9.88. The first kappa shape index (κ1) is 25.5. The molecule has 0 radical (unpaired) electrons. The molecule has 3 aromatic rings. The summed E-state index contributed by atoms with van der Waals surface area (Å²) < 4.78 is 12.5. The highest BCUT2D eigenvalue weighted by atomic mass is 16.6. The van der Waals surface area contributed by atoms with Crippen molar-refractivity contribution >= 4 is 40.4 Å². The second-order valence-corrected chi connectivity index (χ2v) is 9.88. The quantitative estimate of drug-likeness (QED) is 0.556. The van der Waals surface area contributed by atoms with Gasteiger partial charge in [0, 0.05) is 31.5 Å². The molecule has 3 N–H and O–H groups in total. The summed E-state index contributed by atoms with van der Waals surface area (Å²) in [5.74, 6) is 0.303. The maximum atomic E-state index is 13.1. The first-order valence-corrected chi connectivity index (χ1v) is 12.0. The van der Waals surface area contributed by atoms with Crippen molar-refractivity contribution in [3.63, 3.8) is 0 Å². The van der Waals surface area contributed by atoms with Crippen molar-refractivity contribution in [2.75, 3.05) is 49.3 Å². The number of carbonyl (C=O) groups is 2. The number of hydrogen-bond donors (Lipinski definition) is 2. The Labute approximate surface area is 211 Å². The first-order valence-electron chi connectivity index (χ1n) is 12.0. The molecule has 1 aromatic heterocycles. The number of carbonyl (C=O) groups excluding carboxylic acids is 2. The van der Waals surface area contributed by atoms with Crippen molar-refractivity contribution in [2.45, 2.75) is 39.3 Å². The number of imidazole rings is 1. The summed E-state index contributed by atoms with van der Waals surface area (Å²) in [7, 11) is 1.77. The molecule has 1 fully saturated rings. The lowest BCUT2D eigenvalue weighted by Crippen LogP contribution is -2.50. The van der Waals surface area contributed by atoms with E-state index in [-0.39, 0.29) is 11.9 Å². The third-order valence-electron chi connectivity index (χ3n) is 6.08. The topological polar surface area (TPSA) is 115 Å². The fraction of sp³-hybridized carbons (Fsp3) is 0.423. The Morgan fingerprint density at radius 2 is 1.89 bits per heavy atom. The average molecular weight is 495 g/mol. The normalized spacial score (nSPS) is 15.5. The van der Waals surface area contributed by atoms with Gasteiger partial charge in [0.15, 0.2) is 0 Å². The molecule has 1 atom stereocenters. The molecule has 0 aliphatic carbocycles. The molecule has 10 heteroatoms. The molecule has 10 nitrogen and oxygen atoms in total. The highest BCUT2D eigenvalue weighted by molar-refractivity contribution is 5.98. The van der Waals surface area contributed by atoms with E-state index in [1.54, 1.807) is 28.6 Å². The van der Waals surface area contributed by atoms with E-state index in [2.05, 4.69) is 15.2 Å². The van der Waals surface area contributed by atoms with E-state index in [4.69, 9.17) is 15.2 Å². The maximum Gasteiger partial charge on any atom is 0.412 e. The molecule has 192 valence electrons. The summed E-state index contributed by atoms with van der Waals surface area (Å²) in [5.41, 5.74) is 9.18. The Hall–Kier alpha value is -3.63. The van der Waals surface area contributed by atoms with Crippen molar-refractivity contribution in [2.24, 2.45) is 0 Å². The van der Waals surface area contributed by atoms with Crippen LogP contribution in [0.3, 0.4) is 0 Å². The van der Waals surface area contributed by atoms with Crippen LogP contribution in [0, 0.1) is 0 Å². The number of nitrogens with one attached hydrogen (secondary N) is 1. The number of nitrogens with zero attached hydrogens (tertiary/aromatic N) is 4. The lowest BCUT2D eigenvalue weighted by molar-refractivity contribution is -0.124. The number of rotatable bonds is 5. The highest BCUT2D eigenvalue weighted by Gasteiger charge is 2.26. The molecule has 1 aliphatic rings. The molecule has 36 heavy (non-hydrogen) atoms. The predicted octanol–water partition coefficient (Wildman–Crippen LogP) is 3.64. The van der Waals surface area contributed by atoms with Gasteiger partial charge in [0.2, 0.25) is 11.9 Å². The van der Waals surface area contributed by atoms with Crippen LogP contribution in [0.1, 0.15) is 27.7 Å². The van der Waals surface area contributed by atoms with Crippen molar-refractivity contribution in [1.82, 2.24) is 14.5 Å². The first-order chi connectivity index (χ1) is 17.0. The van der Waals surface area contributed by atoms with Gasteiger partial charge in [0.1, 0.15) is 5.60 Å². The standard InChI is InChI=1S/C26H34N6O4/c1-17(31-11-13-35-14-12-31)23(33)30(5)19-9-10-22-21(16-19)29-24(27)32(22)20-8-6-7-18(15-20)28-25(34)36-26(2,3)4/h6-10,15-17H,11-14H2,1-5H3,(H2,27,29)(H,28,34)/t17-/m0/s1. The smallest absolute Gasteiger partial charge is 0.412 e. The number of benzene rings is 2. The van der Waals surface area contributed by atoms with E-state index >= 15 is 0 Å². The molecular formula is C26H34N6O4. The Kier molecular flexibility index (Phi) is 7.18. The van der Waals surface area contributed by atoms with Crippen LogP contribution >= 0.6 is 0 Å². The molecule has 0 bridgehead atoms. The molecule has 1 aliphatic heterocycles. The molecule has 0 unspecified atom stereocenters. The SMILES string of the molecule is C[C@@H](C(=O)N(C)c1ccc2c(c1)nc(N)n2-c1cccc(NC(=O)OC(C)(C)C)c1)N1CCOCC1.